The van der Waals surface area contributed by atoms with Gasteiger partial charge in [-0.15, -0.1) is 0 Å². The van der Waals surface area contributed by atoms with Gasteiger partial charge >= 0.3 is 11.9 Å². The van der Waals surface area contributed by atoms with E-state index in [1.165, 1.54) is 6.08 Å². The van der Waals surface area contributed by atoms with Crippen LogP contribution >= 0.6 is 0 Å². The molecule has 1 aliphatic carbocycles. The van der Waals surface area contributed by atoms with Crippen molar-refractivity contribution in [3.63, 3.8) is 0 Å². The van der Waals surface area contributed by atoms with Crippen molar-refractivity contribution in [2.45, 2.75) is 76.9 Å². The third kappa shape index (κ3) is 9.30. The highest BCUT2D eigenvalue weighted by Gasteiger charge is 2.42. The molecule has 0 unspecified atom stereocenters. The Bertz CT molecular complexity index is 922. The van der Waals surface area contributed by atoms with E-state index in [1.54, 1.807) is 26.2 Å². The molecular weight excluding hydrogens is 470 g/mol. The van der Waals surface area contributed by atoms with Crippen molar-refractivity contribution in [2.24, 2.45) is 11.8 Å². The number of carbonyl (C=O) groups excluding carboxylic acids is 2. The van der Waals surface area contributed by atoms with Crippen molar-refractivity contribution < 1.29 is 37.7 Å². The van der Waals surface area contributed by atoms with Gasteiger partial charge in [0.1, 0.15) is 11.5 Å². The van der Waals surface area contributed by atoms with E-state index in [0.29, 0.717) is 31.4 Å². The average molecular weight is 507 g/mol. The summed E-state index contributed by atoms with van der Waals surface area (Å²) in [5, 5.41) is 8.73. The van der Waals surface area contributed by atoms with Crippen LogP contribution in [-0.2, 0) is 25.7 Å². The standard InChI is InChI=1S/C28H36F2O6/c1-3-4-17-28(29,30)26(32)16-15-23-22(9-7-5-6-8-10-27(33)34)24(31)18-25(23)36-19-20-11-13-21(35-2)14-12-20/h5,7,11-16,22-23,25H,3-4,6,8-10,17-19H2,1-2H3,(H,33,34)/b7-5?,16-15+/t22-,23-,25-/m1/s1. The van der Waals surface area contributed by atoms with E-state index in [9.17, 15) is 23.2 Å². The minimum Gasteiger partial charge on any atom is -0.497 e. The van der Waals surface area contributed by atoms with Gasteiger partial charge in [0.15, 0.2) is 0 Å². The van der Waals surface area contributed by atoms with Gasteiger partial charge in [0.25, 0.3) is 0 Å². The maximum Gasteiger partial charge on any atom is 0.309 e. The zero-order chi connectivity index (χ0) is 26.6. The van der Waals surface area contributed by atoms with Crippen molar-refractivity contribution >= 4 is 17.5 Å². The third-order valence-electron chi connectivity index (χ3n) is 6.33. The van der Waals surface area contributed by atoms with E-state index in [4.69, 9.17) is 14.6 Å². The van der Waals surface area contributed by atoms with Crippen molar-refractivity contribution in [1.82, 2.24) is 0 Å². The van der Waals surface area contributed by atoms with Crippen LogP contribution in [0.5, 0.6) is 5.75 Å². The first-order valence-corrected chi connectivity index (χ1v) is 12.4. The predicted molar refractivity (Wildman–Crippen MR) is 132 cm³/mol. The molecule has 3 atom stereocenters. The maximum atomic E-state index is 14.2. The Morgan fingerprint density at radius 3 is 2.53 bits per heavy atom. The summed E-state index contributed by atoms with van der Waals surface area (Å²) in [4.78, 5) is 35.7. The number of benzene rings is 1. The number of unbranched alkanes of at least 4 members (excludes halogenated alkanes) is 2. The van der Waals surface area contributed by atoms with Crippen LogP contribution in [-0.4, -0.2) is 41.8 Å². The van der Waals surface area contributed by atoms with E-state index in [1.807, 2.05) is 24.3 Å². The summed E-state index contributed by atoms with van der Waals surface area (Å²) in [5.41, 5.74) is 0.870. The number of hydrogen-bond donors (Lipinski definition) is 1. The van der Waals surface area contributed by atoms with Crippen LogP contribution in [0.1, 0.15) is 63.9 Å². The van der Waals surface area contributed by atoms with Crippen LogP contribution in [0.2, 0.25) is 0 Å². The second-order valence-corrected chi connectivity index (χ2v) is 9.08. The summed E-state index contributed by atoms with van der Waals surface area (Å²) >= 11 is 0. The van der Waals surface area contributed by atoms with Crippen molar-refractivity contribution in [1.29, 1.82) is 0 Å². The lowest BCUT2D eigenvalue weighted by molar-refractivity contribution is -0.138. The number of Topliss-reactive ketones (excluding diaryl/α,β-unsaturated/α-hetero) is 1. The van der Waals surface area contributed by atoms with Crippen LogP contribution in [0.25, 0.3) is 0 Å². The maximum absolute atomic E-state index is 14.2. The zero-order valence-corrected chi connectivity index (χ0v) is 21.0. The number of ether oxygens (including phenoxy) is 2. The molecule has 0 heterocycles. The fraction of sp³-hybridized carbons (Fsp3) is 0.536. The summed E-state index contributed by atoms with van der Waals surface area (Å²) in [6.07, 6.45) is 7.33. The normalized spacial score (nSPS) is 20.4. The molecule has 198 valence electrons. The molecule has 1 aromatic carbocycles. The molecule has 1 saturated carbocycles. The Labute approximate surface area is 211 Å². The molecule has 2 rings (SSSR count). The highest BCUT2D eigenvalue weighted by Crippen LogP contribution is 2.36. The first-order valence-electron chi connectivity index (χ1n) is 12.4. The van der Waals surface area contributed by atoms with E-state index in [-0.39, 0.29) is 31.7 Å². The molecule has 1 aliphatic rings. The lowest BCUT2D eigenvalue weighted by atomic mass is 9.90. The number of carboxylic acid groups (broad SMARTS) is 1. The van der Waals surface area contributed by atoms with Crippen LogP contribution in [0.15, 0.2) is 48.6 Å². The number of alkyl halides is 2. The molecule has 8 heteroatoms. The summed E-state index contributed by atoms with van der Waals surface area (Å²) in [5.74, 6) is -5.93. The molecule has 0 saturated heterocycles. The van der Waals surface area contributed by atoms with Gasteiger partial charge < -0.3 is 14.6 Å². The smallest absolute Gasteiger partial charge is 0.309 e. The first-order chi connectivity index (χ1) is 17.2. The number of halogens is 2. The molecule has 1 fully saturated rings. The van der Waals surface area contributed by atoms with E-state index in [0.717, 1.165) is 11.6 Å². The molecule has 0 radical (unpaired) electrons. The van der Waals surface area contributed by atoms with E-state index in [2.05, 4.69) is 0 Å². The number of allylic oxidation sites excluding steroid dienone is 3. The SMILES string of the molecule is CCCCC(F)(F)C(=O)/C=C/[C@H]1[C@H](OCc2ccc(OC)cc2)CC(=O)[C@@H]1CC=CCCCC(=O)O. The minimum absolute atomic E-state index is 0.0511. The van der Waals surface area contributed by atoms with Gasteiger partial charge in [-0.25, -0.2) is 0 Å². The van der Waals surface area contributed by atoms with Gasteiger partial charge in [0.05, 0.1) is 19.8 Å². The lowest BCUT2D eigenvalue weighted by Gasteiger charge is -2.21. The zero-order valence-electron chi connectivity index (χ0n) is 21.0. The molecule has 0 aliphatic heterocycles. The van der Waals surface area contributed by atoms with Gasteiger partial charge in [-0.2, -0.15) is 8.78 Å². The van der Waals surface area contributed by atoms with Crippen molar-refractivity contribution in [3.8, 4) is 5.75 Å². The number of carbonyl (C=O) groups is 3. The highest BCUT2D eigenvalue weighted by molar-refractivity contribution is 5.95. The molecule has 1 N–H and O–H groups in total. The van der Waals surface area contributed by atoms with Crippen molar-refractivity contribution in [3.05, 3.63) is 54.1 Å². The minimum atomic E-state index is -3.44. The Morgan fingerprint density at radius 1 is 1.17 bits per heavy atom. The molecular formula is C28H36F2O6. The van der Waals surface area contributed by atoms with Gasteiger partial charge in [0, 0.05) is 31.1 Å². The van der Waals surface area contributed by atoms with Crippen LogP contribution in [0.4, 0.5) is 8.78 Å². The van der Waals surface area contributed by atoms with Gasteiger partial charge in [0.2, 0.25) is 5.78 Å². The average Bonchev–Trinajstić information content (AvgIpc) is 3.15. The Kier molecular flexibility index (Phi) is 11.9. The molecule has 36 heavy (non-hydrogen) atoms. The third-order valence-corrected chi connectivity index (χ3v) is 6.33. The van der Waals surface area contributed by atoms with Gasteiger partial charge in [-0.1, -0.05) is 43.7 Å². The number of ketones is 2. The Morgan fingerprint density at radius 2 is 1.89 bits per heavy atom. The van der Waals surface area contributed by atoms with Crippen LogP contribution in [0, 0.1) is 11.8 Å². The molecule has 0 amide bonds. The monoisotopic (exact) mass is 506 g/mol. The van der Waals surface area contributed by atoms with Gasteiger partial charge in [-0.05, 0) is 49.5 Å². The molecule has 6 nitrogen and oxygen atoms in total. The quantitative estimate of drug-likeness (QED) is 0.170. The summed E-state index contributed by atoms with van der Waals surface area (Å²) in [6, 6.07) is 7.28. The summed E-state index contributed by atoms with van der Waals surface area (Å²) in [6.45, 7) is 2.01. The number of aliphatic carboxylic acids is 1. The number of methoxy groups -OCH3 is 1. The lowest BCUT2D eigenvalue weighted by Crippen LogP contribution is -2.28. The highest BCUT2D eigenvalue weighted by atomic mass is 19.3. The number of rotatable bonds is 16. The number of carboxylic acids is 1. The Balaban J connectivity index is 2.11. The van der Waals surface area contributed by atoms with E-state index < -0.39 is 42.0 Å². The summed E-state index contributed by atoms with van der Waals surface area (Å²) < 4.78 is 39.6. The Hall–Kier alpha value is -2.87. The largest absolute Gasteiger partial charge is 0.497 e. The van der Waals surface area contributed by atoms with Gasteiger partial charge in [-0.3, -0.25) is 14.4 Å². The van der Waals surface area contributed by atoms with Crippen molar-refractivity contribution in [2.75, 3.05) is 7.11 Å². The molecule has 0 bridgehead atoms. The molecule has 1 aromatic rings. The summed E-state index contributed by atoms with van der Waals surface area (Å²) in [7, 11) is 1.57. The topological polar surface area (TPSA) is 89.9 Å². The predicted octanol–water partition coefficient (Wildman–Crippen LogP) is 5.94. The fourth-order valence-electron chi connectivity index (χ4n) is 4.18. The van der Waals surface area contributed by atoms with Crippen LogP contribution in [0.3, 0.4) is 0 Å². The number of hydrogen-bond acceptors (Lipinski definition) is 5. The fourth-order valence-corrected chi connectivity index (χ4v) is 4.18. The van der Waals surface area contributed by atoms with Crippen LogP contribution < -0.4 is 4.74 Å². The second-order valence-electron chi connectivity index (χ2n) is 9.08. The first kappa shape index (κ1) is 29.4. The van der Waals surface area contributed by atoms with E-state index >= 15 is 0 Å². The molecule has 0 spiro atoms. The second kappa shape index (κ2) is 14.6. The molecule has 0 aromatic heterocycles.